The predicted molar refractivity (Wildman–Crippen MR) is 92.5 cm³/mol. The number of aromatic nitrogens is 2. The van der Waals surface area contributed by atoms with Crippen molar-refractivity contribution in [3.8, 4) is 0 Å². The Labute approximate surface area is 146 Å². The number of carbonyl (C=O) groups excluding carboxylic acids is 1. The van der Waals surface area contributed by atoms with Crippen molar-refractivity contribution in [3.63, 3.8) is 0 Å². The summed E-state index contributed by atoms with van der Waals surface area (Å²) in [5.41, 5.74) is 0.516. The van der Waals surface area contributed by atoms with Gasteiger partial charge in [-0.2, -0.15) is 0 Å². The van der Waals surface area contributed by atoms with Crippen LogP contribution in [-0.4, -0.2) is 30.8 Å². The molecule has 7 nitrogen and oxygen atoms in total. The average Bonchev–Trinajstić information content (AvgIpc) is 2.83. The quantitative estimate of drug-likeness (QED) is 0.761. The number of benzene rings is 1. The fourth-order valence-electron chi connectivity index (χ4n) is 1.45. The lowest BCUT2D eigenvalue weighted by Gasteiger charge is -2.00. The summed E-state index contributed by atoms with van der Waals surface area (Å²) in [6.07, 6.45) is 3.69. The second-order valence-electron chi connectivity index (χ2n) is 4.24. The fourth-order valence-corrected chi connectivity index (χ4v) is 3.45. The maximum Gasteiger partial charge on any atom is 0.250 e. The van der Waals surface area contributed by atoms with Crippen molar-refractivity contribution >= 4 is 66.8 Å². The Kier molecular flexibility index (Phi) is 5.58. The Balaban J connectivity index is 2.04. The van der Waals surface area contributed by atoms with Gasteiger partial charge in [-0.15, -0.1) is 10.2 Å². The van der Waals surface area contributed by atoms with Crippen LogP contribution in [0.1, 0.15) is 5.56 Å². The van der Waals surface area contributed by atoms with Crippen LogP contribution in [0, 0.1) is 0 Å². The molecule has 2 aromatic rings. The fraction of sp³-hybridized carbons (Fsp3) is 0.0833. The van der Waals surface area contributed by atoms with Crippen LogP contribution in [0.3, 0.4) is 0 Å². The zero-order chi connectivity index (χ0) is 17.0. The molecule has 1 aromatic carbocycles. The van der Waals surface area contributed by atoms with Crippen molar-refractivity contribution in [2.24, 2.45) is 0 Å². The molecule has 0 saturated heterocycles. The maximum absolute atomic E-state index is 11.8. The van der Waals surface area contributed by atoms with Crippen molar-refractivity contribution < 1.29 is 13.2 Å². The van der Waals surface area contributed by atoms with Gasteiger partial charge >= 0.3 is 0 Å². The SMILES string of the molecule is CS(=O)(=O)Nc1nnc(NC(=O)C=Cc2c(Cl)cccc2Cl)s1. The summed E-state index contributed by atoms with van der Waals surface area (Å²) in [5.74, 6) is -0.483. The van der Waals surface area contributed by atoms with Gasteiger partial charge in [-0.05, 0) is 18.2 Å². The first kappa shape index (κ1) is 17.7. The number of halogens is 2. The molecule has 1 aromatic heterocycles. The van der Waals surface area contributed by atoms with Crippen LogP contribution in [0.5, 0.6) is 0 Å². The third kappa shape index (κ3) is 5.47. The molecule has 0 unspecified atom stereocenters. The summed E-state index contributed by atoms with van der Waals surface area (Å²) in [5, 5.41) is 10.7. The van der Waals surface area contributed by atoms with Gasteiger partial charge in [0, 0.05) is 21.7 Å². The largest absolute Gasteiger partial charge is 0.297 e. The van der Waals surface area contributed by atoms with E-state index in [2.05, 4.69) is 20.2 Å². The molecule has 122 valence electrons. The molecular formula is C12H10Cl2N4O3S2. The summed E-state index contributed by atoms with van der Waals surface area (Å²) >= 11 is 12.9. The van der Waals surface area contributed by atoms with Crippen LogP contribution >= 0.6 is 34.5 Å². The van der Waals surface area contributed by atoms with Crippen molar-refractivity contribution in [3.05, 3.63) is 39.9 Å². The molecule has 0 spiro atoms. The highest BCUT2D eigenvalue weighted by molar-refractivity contribution is 7.92. The minimum Gasteiger partial charge on any atom is -0.297 e. The number of carbonyl (C=O) groups is 1. The number of rotatable bonds is 5. The van der Waals surface area contributed by atoms with E-state index in [1.165, 1.54) is 12.2 Å². The number of hydrogen-bond donors (Lipinski definition) is 2. The lowest BCUT2D eigenvalue weighted by molar-refractivity contribution is -0.111. The molecule has 0 bridgehead atoms. The van der Waals surface area contributed by atoms with E-state index in [1.807, 2.05) is 0 Å². The van der Waals surface area contributed by atoms with E-state index in [0.29, 0.717) is 15.6 Å². The third-order valence-corrected chi connectivity index (χ3v) is 4.44. The van der Waals surface area contributed by atoms with E-state index in [-0.39, 0.29) is 10.3 Å². The van der Waals surface area contributed by atoms with Crippen LogP contribution in [-0.2, 0) is 14.8 Å². The lowest BCUT2D eigenvalue weighted by atomic mass is 10.2. The molecule has 11 heteroatoms. The van der Waals surface area contributed by atoms with E-state index >= 15 is 0 Å². The molecule has 0 aliphatic heterocycles. The highest BCUT2D eigenvalue weighted by atomic mass is 35.5. The molecule has 1 heterocycles. The van der Waals surface area contributed by atoms with E-state index in [1.54, 1.807) is 18.2 Å². The van der Waals surface area contributed by atoms with Gasteiger partial charge in [-0.3, -0.25) is 14.8 Å². The minimum atomic E-state index is -3.45. The Morgan fingerprint density at radius 2 is 1.83 bits per heavy atom. The number of nitrogens with one attached hydrogen (secondary N) is 2. The Morgan fingerprint density at radius 3 is 2.43 bits per heavy atom. The van der Waals surface area contributed by atoms with Gasteiger partial charge in [0.25, 0.3) is 0 Å². The summed E-state index contributed by atoms with van der Waals surface area (Å²) < 4.78 is 24.3. The van der Waals surface area contributed by atoms with E-state index < -0.39 is 15.9 Å². The minimum absolute atomic E-state index is 0.0564. The first-order valence-corrected chi connectivity index (χ1v) is 9.45. The van der Waals surface area contributed by atoms with Crippen molar-refractivity contribution in [1.82, 2.24) is 10.2 Å². The van der Waals surface area contributed by atoms with Gasteiger partial charge in [-0.1, -0.05) is 40.6 Å². The highest BCUT2D eigenvalue weighted by Crippen LogP contribution is 2.25. The number of hydrogen-bond acceptors (Lipinski definition) is 6. The first-order valence-electron chi connectivity index (χ1n) is 5.99. The van der Waals surface area contributed by atoms with Crippen LogP contribution < -0.4 is 10.0 Å². The van der Waals surface area contributed by atoms with Gasteiger partial charge in [0.15, 0.2) is 0 Å². The Hall–Kier alpha value is -1.68. The van der Waals surface area contributed by atoms with Gasteiger partial charge in [0.2, 0.25) is 26.2 Å². The molecule has 0 aliphatic carbocycles. The molecule has 1 amide bonds. The summed E-state index contributed by atoms with van der Waals surface area (Å²) in [4.78, 5) is 11.8. The van der Waals surface area contributed by atoms with Gasteiger partial charge in [0.05, 0.1) is 6.26 Å². The van der Waals surface area contributed by atoms with Crippen LogP contribution in [0.15, 0.2) is 24.3 Å². The Bertz CT molecular complexity index is 845. The summed E-state index contributed by atoms with van der Waals surface area (Å²) in [6, 6.07) is 5.00. The molecule has 23 heavy (non-hydrogen) atoms. The monoisotopic (exact) mass is 392 g/mol. The van der Waals surface area contributed by atoms with Crippen LogP contribution in [0.2, 0.25) is 10.0 Å². The highest BCUT2D eigenvalue weighted by Gasteiger charge is 2.10. The number of nitrogens with zero attached hydrogens (tertiary/aromatic N) is 2. The Morgan fingerprint density at radius 1 is 1.22 bits per heavy atom. The van der Waals surface area contributed by atoms with Crippen LogP contribution in [0.25, 0.3) is 6.08 Å². The van der Waals surface area contributed by atoms with Crippen molar-refractivity contribution in [2.45, 2.75) is 0 Å². The topological polar surface area (TPSA) is 101 Å². The molecule has 0 saturated carbocycles. The number of anilines is 2. The first-order chi connectivity index (χ1) is 10.7. The molecular weight excluding hydrogens is 383 g/mol. The summed E-state index contributed by atoms with van der Waals surface area (Å²) in [7, 11) is -3.45. The average molecular weight is 393 g/mol. The predicted octanol–water partition coefficient (Wildman–Crippen LogP) is 2.87. The molecule has 0 fully saturated rings. The maximum atomic E-state index is 11.8. The molecule has 0 radical (unpaired) electrons. The third-order valence-electron chi connectivity index (χ3n) is 2.33. The van der Waals surface area contributed by atoms with Gasteiger partial charge < -0.3 is 0 Å². The molecule has 2 N–H and O–H groups in total. The number of sulfonamides is 1. The summed E-state index contributed by atoms with van der Waals surface area (Å²) in [6.45, 7) is 0. The van der Waals surface area contributed by atoms with E-state index in [9.17, 15) is 13.2 Å². The molecule has 0 atom stereocenters. The number of amides is 1. The molecule has 2 rings (SSSR count). The van der Waals surface area contributed by atoms with Crippen molar-refractivity contribution in [2.75, 3.05) is 16.3 Å². The van der Waals surface area contributed by atoms with E-state index in [4.69, 9.17) is 23.2 Å². The lowest BCUT2D eigenvalue weighted by Crippen LogP contribution is -2.09. The second kappa shape index (κ2) is 7.26. The van der Waals surface area contributed by atoms with Gasteiger partial charge in [-0.25, -0.2) is 8.42 Å². The van der Waals surface area contributed by atoms with Gasteiger partial charge in [0.1, 0.15) is 0 Å². The van der Waals surface area contributed by atoms with Crippen LogP contribution in [0.4, 0.5) is 10.3 Å². The smallest absolute Gasteiger partial charge is 0.250 e. The van der Waals surface area contributed by atoms with E-state index in [0.717, 1.165) is 17.6 Å². The second-order valence-corrected chi connectivity index (χ2v) is 7.78. The molecule has 0 aliphatic rings. The normalized spacial score (nSPS) is 11.6. The van der Waals surface area contributed by atoms with Crippen molar-refractivity contribution in [1.29, 1.82) is 0 Å². The zero-order valence-corrected chi connectivity index (χ0v) is 14.7. The zero-order valence-electron chi connectivity index (χ0n) is 11.6. The standard InChI is InChI=1S/C12H10Cl2N4O3S2/c1-23(20,21)18-12-17-16-11(22-12)15-10(19)6-5-7-8(13)3-2-4-9(7)14/h2-6H,1H3,(H,17,18)(H,15,16,19).